The summed E-state index contributed by atoms with van der Waals surface area (Å²) < 4.78 is 5.67. The number of ether oxygens (including phenoxy) is 1. The lowest BCUT2D eigenvalue weighted by atomic mass is 9.67. The normalized spacial score (nSPS) is 26.1. The Bertz CT molecular complexity index is 551. The van der Waals surface area contributed by atoms with E-state index in [0.717, 1.165) is 25.7 Å². The fourth-order valence-corrected chi connectivity index (χ4v) is 3.38. The van der Waals surface area contributed by atoms with Gasteiger partial charge in [-0.1, -0.05) is 12.1 Å². The van der Waals surface area contributed by atoms with Crippen LogP contribution in [0.1, 0.15) is 61.4 Å². The Hall–Kier alpha value is -1.86. The topological polar surface area (TPSA) is 70.3 Å². The molecule has 0 aliphatic heterocycles. The monoisotopic (exact) mass is 301 g/mol. The lowest BCUT2D eigenvalue weighted by molar-refractivity contribution is -0.0159. The van der Waals surface area contributed by atoms with Gasteiger partial charge in [-0.05, 0) is 63.1 Å². The number of nitriles is 1. The van der Waals surface area contributed by atoms with Crippen LogP contribution in [0.4, 0.5) is 0 Å². The van der Waals surface area contributed by atoms with E-state index in [2.05, 4.69) is 6.07 Å². The third-order valence-corrected chi connectivity index (χ3v) is 4.92. The van der Waals surface area contributed by atoms with Crippen LogP contribution in [-0.4, -0.2) is 23.8 Å². The number of hydrogen-bond donors (Lipinski definition) is 1. The maximum atomic E-state index is 10.9. The lowest BCUT2D eigenvalue weighted by Gasteiger charge is -2.39. The quantitative estimate of drug-likeness (QED) is 0.893. The van der Waals surface area contributed by atoms with Gasteiger partial charge in [0.1, 0.15) is 0 Å². The molecule has 1 N–H and O–H groups in total. The number of carbonyl (C=O) groups is 1. The molecule has 1 saturated carbocycles. The molecule has 4 nitrogen and oxygen atoms in total. The Balaban J connectivity index is 2.05. The van der Waals surface area contributed by atoms with Crippen LogP contribution in [0.3, 0.4) is 0 Å². The molecule has 1 aromatic carbocycles. The summed E-state index contributed by atoms with van der Waals surface area (Å²) in [6.45, 7) is 4.58. The molecule has 0 aromatic heterocycles. The van der Waals surface area contributed by atoms with Crippen LogP contribution < -0.4 is 0 Å². The van der Waals surface area contributed by atoms with Gasteiger partial charge in [0.05, 0.1) is 23.2 Å². The molecule has 0 bridgehead atoms. The predicted molar refractivity (Wildman–Crippen MR) is 83.7 cm³/mol. The van der Waals surface area contributed by atoms with Crippen LogP contribution in [0.25, 0.3) is 0 Å². The third-order valence-electron chi connectivity index (χ3n) is 4.92. The lowest BCUT2D eigenvalue weighted by Crippen LogP contribution is -2.37. The van der Waals surface area contributed by atoms with Gasteiger partial charge in [-0.3, -0.25) is 0 Å². The van der Waals surface area contributed by atoms with Gasteiger partial charge in [0, 0.05) is 6.61 Å². The van der Waals surface area contributed by atoms with Crippen molar-refractivity contribution >= 4 is 5.97 Å². The molecule has 0 spiro atoms. The van der Waals surface area contributed by atoms with E-state index in [-0.39, 0.29) is 11.5 Å². The van der Waals surface area contributed by atoms with Crippen molar-refractivity contribution in [1.29, 1.82) is 5.26 Å². The molecule has 0 saturated heterocycles. The Morgan fingerprint density at radius 2 is 2.00 bits per heavy atom. The summed E-state index contributed by atoms with van der Waals surface area (Å²) >= 11 is 0. The molecule has 1 aliphatic carbocycles. The van der Waals surface area contributed by atoms with E-state index in [1.807, 2.05) is 26.0 Å². The standard InChI is InChI=1S/C18H23NO3/c1-3-22-13(2)18(12-19)10-8-15(9-11-18)14-4-6-16(7-5-14)17(20)21/h4-7,13,15H,3,8-11H2,1-2H3,(H,20,21). The number of carboxylic acid groups (broad SMARTS) is 1. The van der Waals surface area contributed by atoms with Gasteiger partial charge in [-0.25, -0.2) is 4.79 Å². The molecule has 0 heterocycles. The molecule has 1 atom stereocenters. The minimum absolute atomic E-state index is 0.0437. The van der Waals surface area contributed by atoms with E-state index in [1.54, 1.807) is 12.1 Å². The van der Waals surface area contributed by atoms with Gasteiger partial charge in [0.2, 0.25) is 0 Å². The van der Waals surface area contributed by atoms with Crippen LogP contribution >= 0.6 is 0 Å². The molecule has 1 fully saturated rings. The highest BCUT2D eigenvalue weighted by Gasteiger charge is 2.41. The van der Waals surface area contributed by atoms with Crippen LogP contribution in [0, 0.1) is 16.7 Å². The Labute approximate surface area is 131 Å². The zero-order chi connectivity index (χ0) is 16.2. The van der Waals surface area contributed by atoms with Gasteiger partial charge in [0.25, 0.3) is 0 Å². The van der Waals surface area contributed by atoms with Crippen molar-refractivity contribution in [3.63, 3.8) is 0 Å². The fraction of sp³-hybridized carbons (Fsp3) is 0.556. The van der Waals surface area contributed by atoms with E-state index in [1.165, 1.54) is 5.56 Å². The molecular formula is C18H23NO3. The summed E-state index contributed by atoms with van der Waals surface area (Å²) in [5, 5.41) is 18.5. The SMILES string of the molecule is CCOC(C)C1(C#N)CCC(c2ccc(C(=O)O)cc2)CC1. The van der Waals surface area contributed by atoms with Crippen molar-refractivity contribution in [3.8, 4) is 6.07 Å². The number of hydrogen-bond acceptors (Lipinski definition) is 3. The van der Waals surface area contributed by atoms with Crippen molar-refractivity contribution in [1.82, 2.24) is 0 Å². The minimum Gasteiger partial charge on any atom is -0.478 e. The zero-order valence-electron chi connectivity index (χ0n) is 13.2. The maximum Gasteiger partial charge on any atom is 0.335 e. The van der Waals surface area contributed by atoms with Gasteiger partial charge in [0.15, 0.2) is 0 Å². The smallest absolute Gasteiger partial charge is 0.335 e. The second-order valence-electron chi connectivity index (χ2n) is 6.07. The van der Waals surface area contributed by atoms with Crippen LogP contribution in [0.5, 0.6) is 0 Å². The summed E-state index contributed by atoms with van der Waals surface area (Å²) in [5.74, 6) is -0.498. The van der Waals surface area contributed by atoms with Gasteiger partial charge >= 0.3 is 5.97 Å². The average Bonchev–Trinajstić information content (AvgIpc) is 2.55. The third kappa shape index (κ3) is 3.31. The summed E-state index contributed by atoms with van der Waals surface area (Å²) in [6, 6.07) is 9.62. The highest BCUT2D eigenvalue weighted by atomic mass is 16.5. The number of nitrogens with zero attached hydrogens (tertiary/aromatic N) is 1. The molecule has 1 aromatic rings. The second kappa shape index (κ2) is 6.93. The molecular weight excluding hydrogens is 278 g/mol. The summed E-state index contributed by atoms with van der Waals surface area (Å²) in [6.07, 6.45) is 3.50. The number of benzene rings is 1. The molecule has 0 radical (unpaired) electrons. The first-order valence-electron chi connectivity index (χ1n) is 7.88. The van der Waals surface area contributed by atoms with Gasteiger partial charge in [-0.2, -0.15) is 5.26 Å². The number of aromatic carboxylic acids is 1. The highest BCUT2D eigenvalue weighted by molar-refractivity contribution is 5.87. The summed E-state index contributed by atoms with van der Waals surface area (Å²) in [4.78, 5) is 10.9. The van der Waals surface area contributed by atoms with Crippen molar-refractivity contribution in [2.45, 2.75) is 51.6 Å². The van der Waals surface area contributed by atoms with Gasteiger partial charge in [-0.15, -0.1) is 0 Å². The number of carboxylic acids is 1. The Kier molecular flexibility index (Phi) is 5.20. The zero-order valence-corrected chi connectivity index (χ0v) is 13.2. The first kappa shape index (κ1) is 16.5. The molecule has 22 heavy (non-hydrogen) atoms. The van der Waals surface area contributed by atoms with E-state index >= 15 is 0 Å². The maximum absolute atomic E-state index is 10.9. The molecule has 118 valence electrons. The predicted octanol–water partition coefficient (Wildman–Crippen LogP) is 3.98. The van der Waals surface area contributed by atoms with Crippen molar-refractivity contribution in [2.24, 2.45) is 5.41 Å². The Morgan fingerprint density at radius 1 is 1.41 bits per heavy atom. The first-order valence-corrected chi connectivity index (χ1v) is 7.88. The average molecular weight is 301 g/mol. The largest absolute Gasteiger partial charge is 0.478 e. The molecule has 2 rings (SSSR count). The van der Waals surface area contributed by atoms with Crippen molar-refractivity contribution in [2.75, 3.05) is 6.61 Å². The van der Waals surface area contributed by atoms with E-state index in [0.29, 0.717) is 18.1 Å². The number of rotatable bonds is 5. The Morgan fingerprint density at radius 3 is 2.45 bits per heavy atom. The molecule has 1 aliphatic rings. The highest BCUT2D eigenvalue weighted by Crippen LogP contribution is 2.45. The molecule has 4 heteroatoms. The molecule has 1 unspecified atom stereocenters. The van der Waals surface area contributed by atoms with Crippen LogP contribution in [0.2, 0.25) is 0 Å². The second-order valence-corrected chi connectivity index (χ2v) is 6.07. The van der Waals surface area contributed by atoms with E-state index < -0.39 is 5.97 Å². The van der Waals surface area contributed by atoms with Crippen molar-refractivity contribution in [3.05, 3.63) is 35.4 Å². The summed E-state index contributed by atoms with van der Waals surface area (Å²) in [7, 11) is 0. The first-order chi connectivity index (χ1) is 10.5. The molecule has 0 amide bonds. The van der Waals surface area contributed by atoms with E-state index in [4.69, 9.17) is 9.84 Å². The summed E-state index contributed by atoms with van der Waals surface area (Å²) in [5.41, 5.74) is 1.10. The van der Waals surface area contributed by atoms with Gasteiger partial charge < -0.3 is 9.84 Å². The fourth-order valence-electron chi connectivity index (χ4n) is 3.38. The minimum atomic E-state index is -0.899. The van der Waals surface area contributed by atoms with E-state index in [9.17, 15) is 10.1 Å². The van der Waals surface area contributed by atoms with Crippen molar-refractivity contribution < 1.29 is 14.6 Å². The van der Waals surface area contributed by atoms with Crippen LogP contribution in [0.15, 0.2) is 24.3 Å². The van der Waals surface area contributed by atoms with Crippen LogP contribution in [-0.2, 0) is 4.74 Å².